The van der Waals surface area contributed by atoms with Crippen LogP contribution in [0, 0.1) is 0 Å². The van der Waals surface area contributed by atoms with Gasteiger partial charge >= 0.3 is 0 Å². The number of rotatable bonds is 13. The van der Waals surface area contributed by atoms with Crippen LogP contribution in [0.4, 0.5) is 5.69 Å². The van der Waals surface area contributed by atoms with Crippen LogP contribution in [0.1, 0.15) is 44.3 Å². The number of hydrogen-bond donors (Lipinski definition) is 2. The second kappa shape index (κ2) is 16.2. The molecule has 7 heteroatoms. The Morgan fingerprint density at radius 2 is 1.23 bits per heavy atom. The molecule has 0 aliphatic rings. The van der Waals surface area contributed by atoms with Gasteiger partial charge in [0.15, 0.2) is 5.78 Å². The van der Waals surface area contributed by atoms with E-state index in [1.54, 1.807) is 84.9 Å². The number of carbonyl (C=O) groups is 3. The number of benzene rings is 5. The molecule has 2 N–H and O–H groups in total. The van der Waals surface area contributed by atoms with E-state index in [1.807, 2.05) is 67.6 Å². The van der Waals surface area contributed by atoms with Crippen molar-refractivity contribution in [3.05, 3.63) is 173 Å². The third-order valence-electron chi connectivity index (χ3n) is 7.01. The Kier molecular flexibility index (Phi) is 11.1. The fourth-order valence-electron chi connectivity index (χ4n) is 4.54. The van der Waals surface area contributed by atoms with Gasteiger partial charge < -0.3 is 20.1 Å². The molecule has 0 radical (unpaired) electrons. The molecule has 0 atom stereocenters. The molecule has 0 saturated carbocycles. The van der Waals surface area contributed by atoms with E-state index in [1.165, 1.54) is 6.08 Å². The molecule has 0 unspecified atom stereocenters. The zero-order valence-corrected chi connectivity index (χ0v) is 25.9. The van der Waals surface area contributed by atoms with Gasteiger partial charge in [0.05, 0.1) is 6.61 Å². The molecule has 0 aliphatic heterocycles. The molecule has 47 heavy (non-hydrogen) atoms. The van der Waals surface area contributed by atoms with Gasteiger partial charge in [-0.05, 0) is 96.4 Å². The van der Waals surface area contributed by atoms with E-state index in [0.717, 1.165) is 16.9 Å². The smallest absolute Gasteiger partial charge is 0.272 e. The second-order valence-corrected chi connectivity index (χ2v) is 10.5. The summed E-state index contributed by atoms with van der Waals surface area (Å²) in [4.78, 5) is 39.1. The number of anilines is 1. The quantitative estimate of drug-likeness (QED) is 0.103. The third-order valence-corrected chi connectivity index (χ3v) is 7.01. The van der Waals surface area contributed by atoms with Crippen molar-refractivity contribution in [3.8, 4) is 11.5 Å². The molecule has 0 heterocycles. The van der Waals surface area contributed by atoms with Crippen LogP contribution < -0.4 is 20.1 Å². The van der Waals surface area contributed by atoms with E-state index in [-0.39, 0.29) is 11.5 Å². The first-order valence-electron chi connectivity index (χ1n) is 15.2. The van der Waals surface area contributed by atoms with Crippen LogP contribution in [0.3, 0.4) is 0 Å². The summed E-state index contributed by atoms with van der Waals surface area (Å²) in [5, 5.41) is 5.54. The Labute approximate surface area is 274 Å². The van der Waals surface area contributed by atoms with Crippen LogP contribution in [-0.2, 0) is 11.4 Å². The lowest BCUT2D eigenvalue weighted by molar-refractivity contribution is -0.113. The van der Waals surface area contributed by atoms with Gasteiger partial charge in [-0.25, -0.2) is 0 Å². The minimum absolute atomic E-state index is 0.0579. The zero-order valence-electron chi connectivity index (χ0n) is 25.9. The summed E-state index contributed by atoms with van der Waals surface area (Å²) in [5.74, 6) is 0.333. The minimum Gasteiger partial charge on any atom is -0.494 e. The lowest BCUT2D eigenvalue weighted by Crippen LogP contribution is -2.30. The maximum atomic E-state index is 13.4. The Bertz CT molecular complexity index is 1850. The molecule has 5 rings (SSSR count). The number of ether oxygens (including phenoxy) is 2. The molecule has 0 spiro atoms. The van der Waals surface area contributed by atoms with Crippen molar-refractivity contribution in [1.82, 2.24) is 5.32 Å². The highest BCUT2D eigenvalue weighted by molar-refractivity contribution is 6.11. The Morgan fingerprint density at radius 1 is 0.638 bits per heavy atom. The van der Waals surface area contributed by atoms with E-state index in [4.69, 9.17) is 9.47 Å². The summed E-state index contributed by atoms with van der Waals surface area (Å²) < 4.78 is 11.3. The van der Waals surface area contributed by atoms with Gasteiger partial charge in [-0.15, -0.1) is 0 Å². The summed E-state index contributed by atoms with van der Waals surface area (Å²) in [6, 6.07) is 39.9. The summed E-state index contributed by atoms with van der Waals surface area (Å²) in [7, 11) is 0. The lowest BCUT2D eigenvalue weighted by atomic mass is 10.1. The standard InChI is InChI=1S/C40H34N2O5/c1-2-46-35-24-15-30(16-25-35)27-37(42-39(44)33-11-7-4-8-12-33)40(45)41-34-20-18-32(19-21-34)38(43)26-17-29-13-22-36(23-14-29)47-28-31-9-5-3-6-10-31/h3-27H,2,28H2,1H3,(H,41,45)(H,42,44)/b26-17+,37-27-. The minimum atomic E-state index is -0.515. The van der Waals surface area contributed by atoms with Gasteiger partial charge in [0.1, 0.15) is 23.8 Å². The van der Waals surface area contributed by atoms with Crippen molar-refractivity contribution in [2.24, 2.45) is 0 Å². The molecule has 0 aromatic heterocycles. The molecule has 7 nitrogen and oxygen atoms in total. The zero-order chi connectivity index (χ0) is 32.8. The van der Waals surface area contributed by atoms with E-state index >= 15 is 0 Å². The van der Waals surface area contributed by atoms with E-state index in [2.05, 4.69) is 10.6 Å². The van der Waals surface area contributed by atoms with Gasteiger partial charge in [-0.3, -0.25) is 14.4 Å². The molecule has 234 valence electrons. The van der Waals surface area contributed by atoms with Gasteiger partial charge in [-0.1, -0.05) is 78.9 Å². The first kappa shape index (κ1) is 32.2. The first-order valence-corrected chi connectivity index (χ1v) is 15.2. The highest BCUT2D eigenvalue weighted by atomic mass is 16.5. The third kappa shape index (κ3) is 9.64. The van der Waals surface area contributed by atoms with Crippen LogP contribution >= 0.6 is 0 Å². The molecule has 2 amide bonds. The average Bonchev–Trinajstić information content (AvgIpc) is 3.12. The van der Waals surface area contributed by atoms with Crippen molar-refractivity contribution in [2.75, 3.05) is 11.9 Å². The number of ketones is 1. The SMILES string of the molecule is CCOc1ccc(/C=C(\NC(=O)c2ccccc2)C(=O)Nc2ccc(C(=O)/C=C/c3ccc(OCc4ccccc4)cc3)cc2)cc1. The summed E-state index contributed by atoms with van der Waals surface area (Å²) >= 11 is 0. The van der Waals surface area contributed by atoms with Gasteiger partial charge in [0, 0.05) is 16.8 Å². The van der Waals surface area contributed by atoms with Crippen molar-refractivity contribution in [1.29, 1.82) is 0 Å². The van der Waals surface area contributed by atoms with E-state index in [9.17, 15) is 14.4 Å². The fourth-order valence-corrected chi connectivity index (χ4v) is 4.54. The van der Waals surface area contributed by atoms with Crippen molar-refractivity contribution < 1.29 is 23.9 Å². The van der Waals surface area contributed by atoms with Gasteiger partial charge in [0.2, 0.25) is 0 Å². The predicted octanol–water partition coefficient (Wildman–Crippen LogP) is 7.97. The van der Waals surface area contributed by atoms with Crippen LogP contribution in [-0.4, -0.2) is 24.2 Å². The van der Waals surface area contributed by atoms with Crippen molar-refractivity contribution in [3.63, 3.8) is 0 Å². The van der Waals surface area contributed by atoms with Crippen molar-refractivity contribution >= 4 is 35.4 Å². The monoisotopic (exact) mass is 622 g/mol. The Hall–Kier alpha value is -6.21. The fraction of sp³-hybridized carbons (Fsp3) is 0.0750. The number of hydrogen-bond acceptors (Lipinski definition) is 5. The maximum absolute atomic E-state index is 13.4. The molecule has 0 fully saturated rings. The molecule has 0 bridgehead atoms. The van der Waals surface area contributed by atoms with Crippen LogP contribution in [0.15, 0.2) is 145 Å². The molecule has 5 aromatic rings. The van der Waals surface area contributed by atoms with E-state index < -0.39 is 11.8 Å². The normalized spacial score (nSPS) is 11.1. The largest absolute Gasteiger partial charge is 0.494 e. The first-order chi connectivity index (χ1) is 23.0. The topological polar surface area (TPSA) is 93.7 Å². The Balaban J connectivity index is 1.22. The highest BCUT2D eigenvalue weighted by Crippen LogP contribution is 2.18. The van der Waals surface area contributed by atoms with Crippen molar-refractivity contribution in [2.45, 2.75) is 13.5 Å². The molecule has 5 aromatic carbocycles. The van der Waals surface area contributed by atoms with Gasteiger partial charge in [0.25, 0.3) is 11.8 Å². The van der Waals surface area contributed by atoms with E-state index in [0.29, 0.717) is 41.3 Å². The number of amides is 2. The maximum Gasteiger partial charge on any atom is 0.272 e. The molecule has 0 saturated heterocycles. The summed E-state index contributed by atoms with van der Waals surface area (Å²) in [5.41, 5.74) is 4.05. The molecular formula is C40H34N2O5. The van der Waals surface area contributed by atoms with Gasteiger partial charge in [-0.2, -0.15) is 0 Å². The molecule has 0 aliphatic carbocycles. The average molecular weight is 623 g/mol. The number of allylic oxidation sites excluding steroid dienone is 1. The number of carbonyl (C=O) groups excluding carboxylic acids is 3. The highest BCUT2D eigenvalue weighted by Gasteiger charge is 2.15. The Morgan fingerprint density at radius 3 is 1.87 bits per heavy atom. The lowest BCUT2D eigenvalue weighted by Gasteiger charge is -2.12. The van der Waals surface area contributed by atoms with Crippen LogP contribution in [0.25, 0.3) is 12.2 Å². The summed E-state index contributed by atoms with van der Waals surface area (Å²) in [6.45, 7) is 2.92. The molecular weight excluding hydrogens is 588 g/mol. The number of nitrogens with one attached hydrogen (secondary N) is 2. The van der Waals surface area contributed by atoms with Crippen LogP contribution in [0.5, 0.6) is 11.5 Å². The summed E-state index contributed by atoms with van der Waals surface area (Å²) in [6.07, 6.45) is 4.84. The van der Waals surface area contributed by atoms with Crippen LogP contribution in [0.2, 0.25) is 0 Å². The predicted molar refractivity (Wildman–Crippen MR) is 185 cm³/mol. The second-order valence-electron chi connectivity index (χ2n) is 10.5.